The Balaban J connectivity index is 2.53. The van der Waals surface area contributed by atoms with E-state index in [1.165, 1.54) is 0 Å². The third kappa shape index (κ3) is 4.87. The van der Waals surface area contributed by atoms with Crippen molar-refractivity contribution in [3.8, 4) is 0 Å². The van der Waals surface area contributed by atoms with E-state index in [1.54, 1.807) is 23.7 Å². The number of likely N-dealkylation sites (N-methyl/N-ethyl adjacent to an activating group) is 1. The number of aromatic nitrogens is 1. The van der Waals surface area contributed by atoms with Gasteiger partial charge in [0.05, 0.1) is 18.3 Å². The van der Waals surface area contributed by atoms with E-state index in [9.17, 15) is 4.79 Å². The summed E-state index contributed by atoms with van der Waals surface area (Å²) in [6, 6.07) is 1.45. The lowest BCUT2D eigenvalue weighted by Gasteiger charge is -2.19. The molecule has 1 amide bonds. The van der Waals surface area contributed by atoms with E-state index in [0.717, 1.165) is 11.4 Å². The number of nitrogens with two attached hydrogens (primary N) is 1. The van der Waals surface area contributed by atoms with Crippen molar-refractivity contribution in [2.45, 2.75) is 38.8 Å². The average Bonchev–Trinajstić information content (AvgIpc) is 2.83. The van der Waals surface area contributed by atoms with Gasteiger partial charge in [0.1, 0.15) is 0 Å². The van der Waals surface area contributed by atoms with Gasteiger partial charge in [-0.3, -0.25) is 4.79 Å². The van der Waals surface area contributed by atoms with Gasteiger partial charge in [0.25, 0.3) is 0 Å². The van der Waals surface area contributed by atoms with E-state index < -0.39 is 6.04 Å². The Labute approximate surface area is 118 Å². The molecule has 0 spiro atoms. The second-order valence-corrected chi connectivity index (χ2v) is 5.94. The van der Waals surface area contributed by atoms with Crippen LogP contribution in [-0.4, -0.2) is 41.1 Å². The van der Waals surface area contributed by atoms with Crippen molar-refractivity contribution in [2.75, 3.05) is 19.1 Å². The number of thioether (sulfide) groups is 1. The van der Waals surface area contributed by atoms with Crippen LogP contribution in [0.25, 0.3) is 0 Å². The quantitative estimate of drug-likeness (QED) is 0.827. The highest BCUT2D eigenvalue weighted by atomic mass is 32.2. The average molecular weight is 285 g/mol. The smallest absolute Gasteiger partial charge is 0.239 e. The molecule has 0 aromatic carbocycles. The summed E-state index contributed by atoms with van der Waals surface area (Å²) < 4.78 is 5.22. The van der Waals surface area contributed by atoms with E-state index in [4.69, 9.17) is 10.3 Å². The van der Waals surface area contributed by atoms with Gasteiger partial charge in [-0.15, -0.1) is 0 Å². The zero-order valence-electron chi connectivity index (χ0n) is 12.0. The van der Waals surface area contributed by atoms with Crippen LogP contribution in [0.15, 0.2) is 10.6 Å². The van der Waals surface area contributed by atoms with Crippen LogP contribution in [0.4, 0.5) is 0 Å². The lowest BCUT2D eigenvalue weighted by atomic mass is 10.1. The Morgan fingerprint density at radius 1 is 1.58 bits per heavy atom. The molecule has 0 saturated carbocycles. The van der Waals surface area contributed by atoms with E-state index in [1.807, 2.05) is 12.3 Å². The summed E-state index contributed by atoms with van der Waals surface area (Å²) in [4.78, 5) is 13.6. The molecule has 1 aromatic heterocycles. The summed E-state index contributed by atoms with van der Waals surface area (Å²) in [7, 11) is 1.73. The molecule has 0 aliphatic rings. The van der Waals surface area contributed by atoms with E-state index >= 15 is 0 Å². The predicted octanol–water partition coefficient (Wildman–Crippen LogP) is 1.84. The molecule has 108 valence electrons. The van der Waals surface area contributed by atoms with Gasteiger partial charge in [-0.2, -0.15) is 11.8 Å². The lowest BCUT2D eigenvalue weighted by Crippen LogP contribution is -2.41. The highest BCUT2D eigenvalue weighted by molar-refractivity contribution is 7.98. The van der Waals surface area contributed by atoms with Crippen LogP contribution in [0.3, 0.4) is 0 Å². The van der Waals surface area contributed by atoms with Crippen LogP contribution in [-0.2, 0) is 11.3 Å². The molecule has 0 bridgehead atoms. The van der Waals surface area contributed by atoms with E-state index in [-0.39, 0.29) is 5.91 Å². The maximum atomic E-state index is 12.0. The van der Waals surface area contributed by atoms with Gasteiger partial charge in [0, 0.05) is 13.1 Å². The first-order valence-corrected chi connectivity index (χ1v) is 7.80. The minimum absolute atomic E-state index is 0.0588. The first-order chi connectivity index (χ1) is 8.95. The van der Waals surface area contributed by atoms with Crippen molar-refractivity contribution in [3.05, 3.63) is 17.5 Å². The van der Waals surface area contributed by atoms with Crippen LogP contribution in [0.5, 0.6) is 0 Å². The molecule has 1 atom stereocenters. The van der Waals surface area contributed by atoms with Gasteiger partial charge in [-0.1, -0.05) is 19.0 Å². The largest absolute Gasteiger partial charge is 0.359 e. The Morgan fingerprint density at radius 3 is 2.79 bits per heavy atom. The molecule has 0 aliphatic heterocycles. The van der Waals surface area contributed by atoms with Crippen LogP contribution >= 0.6 is 11.8 Å². The fraction of sp³-hybridized carbons (Fsp3) is 0.692. The Bertz CT molecular complexity index is 406. The molecular formula is C13H23N3O2S. The lowest BCUT2D eigenvalue weighted by molar-refractivity contribution is -0.132. The summed E-state index contributed by atoms with van der Waals surface area (Å²) in [6.45, 7) is 4.51. The van der Waals surface area contributed by atoms with Gasteiger partial charge < -0.3 is 15.2 Å². The number of nitrogens with zero attached hydrogens (tertiary/aromatic N) is 2. The third-order valence-electron chi connectivity index (χ3n) is 2.89. The molecular weight excluding hydrogens is 262 g/mol. The summed E-state index contributed by atoms with van der Waals surface area (Å²) >= 11 is 1.69. The summed E-state index contributed by atoms with van der Waals surface area (Å²) in [5.41, 5.74) is 6.77. The number of carbonyl (C=O) groups is 1. The van der Waals surface area contributed by atoms with Gasteiger partial charge in [-0.05, 0) is 24.3 Å². The van der Waals surface area contributed by atoms with Gasteiger partial charge in [0.2, 0.25) is 5.91 Å². The summed E-state index contributed by atoms with van der Waals surface area (Å²) in [6.07, 6.45) is 2.70. The molecule has 19 heavy (non-hydrogen) atoms. The van der Waals surface area contributed by atoms with E-state index in [0.29, 0.717) is 24.6 Å². The normalized spacial score (nSPS) is 12.7. The monoisotopic (exact) mass is 285 g/mol. The molecule has 0 unspecified atom stereocenters. The Kier molecular flexibility index (Phi) is 6.37. The molecule has 0 radical (unpaired) electrons. The number of hydrogen-bond acceptors (Lipinski definition) is 5. The topological polar surface area (TPSA) is 72.4 Å². The second kappa shape index (κ2) is 7.55. The maximum Gasteiger partial charge on any atom is 0.239 e. The van der Waals surface area contributed by atoms with Crippen molar-refractivity contribution in [1.82, 2.24) is 10.1 Å². The zero-order chi connectivity index (χ0) is 14.4. The van der Waals surface area contributed by atoms with Gasteiger partial charge in [0.15, 0.2) is 5.76 Å². The highest BCUT2D eigenvalue weighted by Crippen LogP contribution is 2.15. The van der Waals surface area contributed by atoms with Crippen LogP contribution in [0.2, 0.25) is 0 Å². The number of amides is 1. The second-order valence-electron chi connectivity index (χ2n) is 4.96. The molecule has 0 aliphatic carbocycles. The number of rotatable bonds is 7. The molecule has 2 N–H and O–H groups in total. The van der Waals surface area contributed by atoms with Crippen LogP contribution in [0.1, 0.15) is 37.6 Å². The van der Waals surface area contributed by atoms with Crippen LogP contribution < -0.4 is 5.73 Å². The van der Waals surface area contributed by atoms with E-state index in [2.05, 4.69) is 19.0 Å². The molecule has 0 fully saturated rings. The SMILES string of the molecule is CSCC[C@H](N)C(=O)N(C)Cc1cc(C(C)C)no1. The standard InChI is InChI=1S/C13H23N3O2S/c1-9(2)12-7-10(18-15-12)8-16(3)13(17)11(14)5-6-19-4/h7,9,11H,5-6,8,14H2,1-4H3/t11-/m0/s1. The zero-order valence-corrected chi connectivity index (χ0v) is 12.9. The molecule has 0 saturated heterocycles. The minimum Gasteiger partial charge on any atom is -0.359 e. The first kappa shape index (κ1) is 16.0. The number of hydrogen-bond donors (Lipinski definition) is 1. The highest BCUT2D eigenvalue weighted by Gasteiger charge is 2.19. The maximum absolute atomic E-state index is 12.0. The van der Waals surface area contributed by atoms with Gasteiger partial charge in [-0.25, -0.2) is 0 Å². The van der Waals surface area contributed by atoms with Gasteiger partial charge >= 0.3 is 0 Å². The fourth-order valence-electron chi connectivity index (χ4n) is 1.64. The predicted molar refractivity (Wildman–Crippen MR) is 78.0 cm³/mol. The van der Waals surface area contributed by atoms with Crippen molar-refractivity contribution in [1.29, 1.82) is 0 Å². The van der Waals surface area contributed by atoms with Crippen molar-refractivity contribution in [2.24, 2.45) is 5.73 Å². The number of carbonyl (C=O) groups excluding carboxylic acids is 1. The first-order valence-electron chi connectivity index (χ1n) is 6.40. The molecule has 6 heteroatoms. The molecule has 1 aromatic rings. The summed E-state index contributed by atoms with van der Waals surface area (Å²) in [5, 5.41) is 3.97. The van der Waals surface area contributed by atoms with Crippen molar-refractivity contribution in [3.63, 3.8) is 0 Å². The Morgan fingerprint density at radius 2 is 2.26 bits per heavy atom. The van der Waals surface area contributed by atoms with Crippen molar-refractivity contribution < 1.29 is 9.32 Å². The third-order valence-corrected chi connectivity index (χ3v) is 3.53. The molecule has 1 rings (SSSR count). The fourth-order valence-corrected chi connectivity index (χ4v) is 2.13. The Hall–Kier alpha value is -1.01. The summed E-state index contributed by atoms with van der Waals surface area (Å²) in [5.74, 6) is 1.84. The van der Waals surface area contributed by atoms with Crippen molar-refractivity contribution >= 4 is 17.7 Å². The minimum atomic E-state index is -0.440. The molecule has 5 nitrogen and oxygen atoms in total. The molecule has 1 heterocycles. The van der Waals surface area contributed by atoms with Crippen LogP contribution in [0, 0.1) is 0 Å².